The van der Waals surface area contributed by atoms with Gasteiger partial charge in [0, 0.05) is 37.7 Å². The van der Waals surface area contributed by atoms with Crippen molar-refractivity contribution in [3.05, 3.63) is 29.3 Å². The van der Waals surface area contributed by atoms with Crippen LogP contribution in [0.25, 0.3) is 0 Å². The Labute approximate surface area is 157 Å². The molecule has 1 aromatic rings. The number of nitrogens with one attached hydrogen (secondary N) is 1. The number of piperidine rings is 1. The van der Waals surface area contributed by atoms with Gasteiger partial charge in [0.05, 0.1) is 0 Å². The lowest BCUT2D eigenvalue weighted by Gasteiger charge is -2.33. The summed E-state index contributed by atoms with van der Waals surface area (Å²) in [7, 11) is 0. The molecule has 0 atom stereocenters. The van der Waals surface area contributed by atoms with Crippen LogP contribution in [0.4, 0.5) is 4.79 Å². The average molecular weight is 360 g/mol. The third-order valence-corrected chi connectivity index (χ3v) is 4.88. The highest BCUT2D eigenvalue weighted by Gasteiger charge is 2.32. The van der Waals surface area contributed by atoms with Crippen molar-refractivity contribution in [3.63, 3.8) is 0 Å². The summed E-state index contributed by atoms with van der Waals surface area (Å²) >= 11 is 0. The van der Waals surface area contributed by atoms with Crippen LogP contribution in [0.1, 0.15) is 58.6 Å². The van der Waals surface area contributed by atoms with Crippen LogP contribution in [-0.2, 0) is 17.7 Å². The number of para-hydroxylation sites is 1. The highest BCUT2D eigenvalue weighted by Crippen LogP contribution is 2.38. The van der Waals surface area contributed by atoms with Gasteiger partial charge >= 0.3 is 6.09 Å². The molecule has 5 nitrogen and oxygen atoms in total. The van der Waals surface area contributed by atoms with E-state index in [-0.39, 0.29) is 17.7 Å². The number of benzene rings is 1. The SMILES string of the molecule is CC(C)(C)OC(=O)NC1CCN(Cc2cccc3c2OC(C)(C)C3)CC1. The Morgan fingerprint density at radius 3 is 2.65 bits per heavy atom. The monoisotopic (exact) mass is 360 g/mol. The van der Waals surface area contributed by atoms with E-state index >= 15 is 0 Å². The molecule has 1 saturated heterocycles. The number of hydrogen-bond donors (Lipinski definition) is 1. The number of carbonyl (C=O) groups is 1. The molecule has 0 saturated carbocycles. The van der Waals surface area contributed by atoms with E-state index < -0.39 is 5.60 Å². The van der Waals surface area contributed by atoms with Crippen LogP contribution in [0, 0.1) is 0 Å². The van der Waals surface area contributed by atoms with Gasteiger partial charge < -0.3 is 14.8 Å². The smallest absolute Gasteiger partial charge is 0.407 e. The summed E-state index contributed by atoms with van der Waals surface area (Å²) in [5.41, 5.74) is 2.02. The third-order valence-electron chi connectivity index (χ3n) is 4.88. The average Bonchev–Trinajstić information content (AvgIpc) is 2.82. The Balaban J connectivity index is 1.51. The Morgan fingerprint density at radius 1 is 1.31 bits per heavy atom. The van der Waals surface area contributed by atoms with Crippen molar-refractivity contribution in [1.29, 1.82) is 0 Å². The molecule has 0 aromatic heterocycles. The van der Waals surface area contributed by atoms with Gasteiger partial charge in [0.25, 0.3) is 0 Å². The molecule has 5 heteroatoms. The number of carbonyl (C=O) groups excluding carboxylic acids is 1. The zero-order chi connectivity index (χ0) is 18.9. The normalized spacial score (nSPS) is 20.3. The highest BCUT2D eigenvalue weighted by molar-refractivity contribution is 5.68. The zero-order valence-electron chi connectivity index (χ0n) is 16.7. The van der Waals surface area contributed by atoms with Gasteiger partial charge in [-0.1, -0.05) is 18.2 Å². The summed E-state index contributed by atoms with van der Waals surface area (Å²) in [6.07, 6.45) is 2.55. The van der Waals surface area contributed by atoms with E-state index in [2.05, 4.69) is 42.3 Å². The molecule has 0 aliphatic carbocycles. The zero-order valence-corrected chi connectivity index (χ0v) is 16.7. The summed E-state index contributed by atoms with van der Waals surface area (Å²) in [6, 6.07) is 6.67. The Kier molecular flexibility index (Phi) is 5.20. The minimum atomic E-state index is -0.452. The number of ether oxygens (including phenoxy) is 2. The first-order chi connectivity index (χ1) is 12.1. The first kappa shape index (κ1) is 19.0. The molecular formula is C21H32N2O3. The molecule has 144 valence electrons. The standard InChI is InChI=1S/C21H32N2O3/c1-20(2,3)26-19(24)22-17-9-11-23(12-10-17)14-16-8-6-7-15-13-21(4,5)25-18(15)16/h6-8,17H,9-14H2,1-5H3,(H,22,24). The van der Waals surface area contributed by atoms with Gasteiger partial charge in [-0.15, -0.1) is 0 Å². The van der Waals surface area contributed by atoms with Crippen molar-refractivity contribution in [2.24, 2.45) is 0 Å². The van der Waals surface area contributed by atoms with Gasteiger partial charge in [0.2, 0.25) is 0 Å². The summed E-state index contributed by atoms with van der Waals surface area (Å²) in [5, 5.41) is 3.00. The second kappa shape index (κ2) is 7.10. The lowest BCUT2D eigenvalue weighted by atomic mass is 10.00. The quantitative estimate of drug-likeness (QED) is 0.888. The van der Waals surface area contributed by atoms with Crippen LogP contribution in [-0.4, -0.2) is 41.3 Å². The van der Waals surface area contributed by atoms with Crippen molar-refractivity contribution in [2.75, 3.05) is 13.1 Å². The van der Waals surface area contributed by atoms with Crippen molar-refractivity contribution in [3.8, 4) is 5.75 Å². The number of likely N-dealkylation sites (tertiary alicyclic amines) is 1. The van der Waals surface area contributed by atoms with E-state index in [0.29, 0.717) is 0 Å². The Morgan fingerprint density at radius 2 is 2.00 bits per heavy atom. The molecule has 0 radical (unpaired) electrons. The van der Waals surface area contributed by atoms with Gasteiger partial charge in [0.15, 0.2) is 0 Å². The van der Waals surface area contributed by atoms with E-state index in [4.69, 9.17) is 9.47 Å². The van der Waals surface area contributed by atoms with Gasteiger partial charge in [-0.05, 0) is 53.0 Å². The fraction of sp³-hybridized carbons (Fsp3) is 0.667. The van der Waals surface area contributed by atoms with E-state index in [1.54, 1.807) is 0 Å². The minimum absolute atomic E-state index is 0.108. The summed E-state index contributed by atoms with van der Waals surface area (Å²) in [4.78, 5) is 14.4. The lowest BCUT2D eigenvalue weighted by Crippen LogP contribution is -2.45. The molecule has 1 N–H and O–H groups in total. The molecule has 0 bridgehead atoms. The first-order valence-corrected chi connectivity index (χ1v) is 9.63. The van der Waals surface area contributed by atoms with Crippen molar-refractivity contribution < 1.29 is 14.3 Å². The van der Waals surface area contributed by atoms with Crippen LogP contribution in [0.5, 0.6) is 5.75 Å². The van der Waals surface area contributed by atoms with Gasteiger partial charge in [-0.3, -0.25) is 4.90 Å². The second-order valence-corrected chi connectivity index (χ2v) is 9.14. The molecule has 1 aromatic carbocycles. The molecule has 3 rings (SSSR count). The number of alkyl carbamates (subject to hydrolysis) is 1. The summed E-state index contributed by atoms with van der Waals surface area (Å²) < 4.78 is 11.5. The molecule has 2 aliphatic heterocycles. The van der Waals surface area contributed by atoms with E-state index in [9.17, 15) is 4.79 Å². The molecule has 1 amide bonds. The van der Waals surface area contributed by atoms with Crippen LogP contribution in [0.15, 0.2) is 18.2 Å². The lowest BCUT2D eigenvalue weighted by molar-refractivity contribution is 0.0477. The van der Waals surface area contributed by atoms with Gasteiger partial charge in [0.1, 0.15) is 17.0 Å². The van der Waals surface area contributed by atoms with Crippen LogP contribution in [0.2, 0.25) is 0 Å². The molecule has 2 aliphatic rings. The fourth-order valence-corrected chi connectivity index (χ4v) is 3.75. The summed E-state index contributed by atoms with van der Waals surface area (Å²) in [5.74, 6) is 1.08. The van der Waals surface area contributed by atoms with Crippen molar-refractivity contribution >= 4 is 6.09 Å². The highest BCUT2D eigenvalue weighted by atomic mass is 16.6. The van der Waals surface area contributed by atoms with Crippen LogP contribution < -0.4 is 10.1 Å². The van der Waals surface area contributed by atoms with Crippen LogP contribution >= 0.6 is 0 Å². The van der Waals surface area contributed by atoms with E-state index in [1.807, 2.05) is 20.8 Å². The van der Waals surface area contributed by atoms with E-state index in [0.717, 1.165) is 44.6 Å². The Bertz CT molecular complexity index is 656. The third kappa shape index (κ3) is 4.91. The fourth-order valence-electron chi connectivity index (χ4n) is 3.75. The molecular weight excluding hydrogens is 328 g/mol. The molecule has 0 unspecified atom stereocenters. The number of amides is 1. The predicted octanol–water partition coefficient (Wildman–Crippen LogP) is 3.89. The van der Waals surface area contributed by atoms with Crippen molar-refractivity contribution in [2.45, 2.75) is 77.7 Å². The largest absolute Gasteiger partial charge is 0.487 e. The maximum absolute atomic E-state index is 11.9. The molecule has 0 spiro atoms. The number of nitrogens with zero attached hydrogens (tertiary/aromatic N) is 1. The maximum atomic E-state index is 11.9. The Hall–Kier alpha value is -1.75. The van der Waals surface area contributed by atoms with E-state index in [1.165, 1.54) is 11.1 Å². The maximum Gasteiger partial charge on any atom is 0.407 e. The number of fused-ring (bicyclic) bond motifs is 1. The van der Waals surface area contributed by atoms with Gasteiger partial charge in [-0.25, -0.2) is 4.79 Å². The number of hydrogen-bond acceptors (Lipinski definition) is 4. The molecule has 26 heavy (non-hydrogen) atoms. The first-order valence-electron chi connectivity index (χ1n) is 9.63. The topological polar surface area (TPSA) is 50.8 Å². The summed E-state index contributed by atoms with van der Waals surface area (Å²) in [6.45, 7) is 12.8. The number of rotatable bonds is 3. The predicted molar refractivity (Wildman–Crippen MR) is 103 cm³/mol. The minimum Gasteiger partial charge on any atom is -0.487 e. The van der Waals surface area contributed by atoms with Crippen LogP contribution in [0.3, 0.4) is 0 Å². The second-order valence-electron chi connectivity index (χ2n) is 9.14. The molecule has 2 heterocycles. The van der Waals surface area contributed by atoms with Crippen molar-refractivity contribution in [1.82, 2.24) is 10.2 Å². The molecule has 1 fully saturated rings. The van der Waals surface area contributed by atoms with Gasteiger partial charge in [-0.2, -0.15) is 0 Å².